The summed E-state index contributed by atoms with van der Waals surface area (Å²) in [6, 6.07) is 2.03. The van der Waals surface area contributed by atoms with E-state index in [1.54, 1.807) is 6.08 Å². The van der Waals surface area contributed by atoms with Crippen molar-refractivity contribution < 1.29 is 46.1 Å². The van der Waals surface area contributed by atoms with E-state index in [-0.39, 0.29) is 15.4 Å². The Kier molecular flexibility index (Phi) is 6.24. The van der Waals surface area contributed by atoms with Gasteiger partial charge in [0.25, 0.3) is 0 Å². The lowest BCUT2D eigenvalue weighted by Crippen LogP contribution is -2.10. The number of benzene rings is 1. The van der Waals surface area contributed by atoms with Gasteiger partial charge in [0.2, 0.25) is 0 Å². The fourth-order valence-corrected chi connectivity index (χ4v) is 3.80. The third kappa shape index (κ3) is 5.31. The number of rotatable bonds is 7. The van der Waals surface area contributed by atoms with Crippen LogP contribution in [0.1, 0.15) is 18.4 Å². The van der Waals surface area contributed by atoms with Crippen molar-refractivity contribution in [2.24, 2.45) is 5.92 Å². The number of alkyl halides is 6. The second-order valence-corrected chi connectivity index (χ2v) is 7.72. The van der Waals surface area contributed by atoms with Crippen molar-refractivity contribution in [3.05, 3.63) is 47.4 Å². The first-order valence-corrected chi connectivity index (χ1v) is 9.59. The number of allylic oxidation sites excluding steroid dienone is 3. The second-order valence-electron chi connectivity index (χ2n) is 6.29. The molecule has 3 rings (SSSR count). The van der Waals surface area contributed by atoms with Gasteiger partial charge in [0, 0.05) is 12.5 Å². The molecule has 158 valence electrons. The molecule has 2 aliphatic carbocycles. The number of carbonyl (C=O) groups is 1. The molecule has 1 N–H and O–H groups in total. The Bertz CT molecular complexity index is 852. The summed E-state index contributed by atoms with van der Waals surface area (Å²) in [7, 11) is 0. The van der Waals surface area contributed by atoms with E-state index >= 15 is 0 Å². The highest BCUT2D eigenvalue weighted by Crippen LogP contribution is 2.44. The summed E-state index contributed by atoms with van der Waals surface area (Å²) in [6.45, 7) is -3.33. The molecule has 0 amide bonds. The smallest absolute Gasteiger partial charge is 0.416 e. The van der Waals surface area contributed by atoms with Crippen molar-refractivity contribution in [2.45, 2.75) is 35.7 Å². The highest BCUT2D eigenvalue weighted by atomic mass is 127. The van der Waals surface area contributed by atoms with Crippen LogP contribution in [-0.4, -0.2) is 27.7 Å². The predicted molar refractivity (Wildman–Crippen MR) is 97.9 cm³/mol. The molecule has 3 atom stereocenters. The molecule has 1 aromatic carbocycles. The third-order valence-corrected chi connectivity index (χ3v) is 5.68. The standard InChI is InChI=1S/C18H14F5IO5/c19-17(20)29-12-6-8(18(21,22)23)4-5-11(12)27-9-2-1-3-10(7-9)28-15-13(14(15)24)16(25)26/h2,4-7,13-15,17H,1,3H2,(H,25,26)/t13-,14-,15+/m1/s1. The van der Waals surface area contributed by atoms with Crippen molar-refractivity contribution >= 4 is 28.6 Å². The fourth-order valence-electron chi connectivity index (χ4n) is 2.73. The Hall–Kier alpha value is -2.05. The zero-order valence-corrected chi connectivity index (χ0v) is 16.6. The first kappa shape index (κ1) is 21.7. The van der Waals surface area contributed by atoms with E-state index in [0.717, 1.165) is 6.07 Å². The maximum absolute atomic E-state index is 12.8. The van der Waals surface area contributed by atoms with Crippen molar-refractivity contribution in [2.75, 3.05) is 0 Å². The lowest BCUT2D eigenvalue weighted by molar-refractivity contribution is -0.139. The van der Waals surface area contributed by atoms with Gasteiger partial charge in [0.1, 0.15) is 23.5 Å². The third-order valence-electron chi connectivity index (χ3n) is 4.20. The minimum Gasteiger partial charge on any atom is -0.493 e. The molecule has 0 spiro atoms. The van der Waals surface area contributed by atoms with Gasteiger partial charge in [0.15, 0.2) is 11.5 Å². The summed E-state index contributed by atoms with van der Waals surface area (Å²) in [4.78, 5) is 11.1. The van der Waals surface area contributed by atoms with Crippen LogP contribution in [0, 0.1) is 5.92 Å². The van der Waals surface area contributed by atoms with Crippen molar-refractivity contribution in [1.82, 2.24) is 0 Å². The van der Waals surface area contributed by atoms with Gasteiger partial charge in [-0.25, -0.2) is 0 Å². The van der Waals surface area contributed by atoms with Gasteiger partial charge in [-0.15, -0.1) is 0 Å². The molecule has 11 heteroatoms. The number of carboxylic acid groups (broad SMARTS) is 1. The monoisotopic (exact) mass is 532 g/mol. The molecule has 0 radical (unpaired) electrons. The minimum atomic E-state index is -4.73. The molecule has 0 unspecified atom stereocenters. The quantitative estimate of drug-likeness (QED) is 0.299. The minimum absolute atomic E-state index is 0.169. The van der Waals surface area contributed by atoms with Crippen molar-refractivity contribution in [3.63, 3.8) is 0 Å². The molecule has 0 aromatic heterocycles. The molecule has 5 nitrogen and oxygen atoms in total. The topological polar surface area (TPSA) is 65.0 Å². The normalized spacial score (nSPS) is 23.9. The van der Waals surface area contributed by atoms with Crippen molar-refractivity contribution in [1.29, 1.82) is 0 Å². The lowest BCUT2D eigenvalue weighted by atomic mass is 10.1. The number of halogens is 6. The van der Waals surface area contributed by atoms with E-state index in [2.05, 4.69) is 4.74 Å². The number of carboxylic acids is 1. The molecule has 0 heterocycles. The molecule has 0 saturated heterocycles. The van der Waals surface area contributed by atoms with E-state index < -0.39 is 42.1 Å². The lowest BCUT2D eigenvalue weighted by Gasteiger charge is -2.18. The summed E-state index contributed by atoms with van der Waals surface area (Å²) in [5, 5.41) is 9.06. The van der Waals surface area contributed by atoms with Crippen LogP contribution in [0.5, 0.6) is 11.5 Å². The molecule has 0 aliphatic heterocycles. The van der Waals surface area contributed by atoms with Crippen LogP contribution < -0.4 is 9.47 Å². The van der Waals surface area contributed by atoms with Crippen LogP contribution in [0.15, 0.2) is 41.9 Å². The predicted octanol–water partition coefficient (Wildman–Crippen LogP) is 5.15. The highest BCUT2D eigenvalue weighted by molar-refractivity contribution is 14.1. The Morgan fingerprint density at radius 2 is 1.97 bits per heavy atom. The summed E-state index contributed by atoms with van der Waals surface area (Å²) in [5.41, 5.74) is -1.15. The van der Waals surface area contributed by atoms with Gasteiger partial charge in [-0.2, -0.15) is 22.0 Å². The molecule has 2 aliphatic rings. The second kappa shape index (κ2) is 8.36. The Morgan fingerprint density at radius 3 is 2.55 bits per heavy atom. The van der Waals surface area contributed by atoms with E-state index in [1.165, 1.54) is 6.08 Å². The summed E-state index contributed by atoms with van der Waals surface area (Å²) >= 11 is 1.98. The largest absolute Gasteiger partial charge is 0.493 e. The van der Waals surface area contributed by atoms with Gasteiger partial charge < -0.3 is 19.3 Å². The van der Waals surface area contributed by atoms with Gasteiger partial charge in [-0.05, 0) is 30.7 Å². The molecule has 1 saturated carbocycles. The van der Waals surface area contributed by atoms with E-state index in [9.17, 15) is 26.7 Å². The molecule has 29 heavy (non-hydrogen) atoms. The zero-order valence-electron chi connectivity index (χ0n) is 14.5. The highest BCUT2D eigenvalue weighted by Gasteiger charge is 2.56. The van der Waals surface area contributed by atoms with Crippen LogP contribution in [0.4, 0.5) is 22.0 Å². The number of hydrogen-bond donors (Lipinski definition) is 1. The van der Waals surface area contributed by atoms with Gasteiger partial charge in [-0.1, -0.05) is 22.6 Å². The van der Waals surface area contributed by atoms with Crippen LogP contribution in [-0.2, 0) is 15.7 Å². The van der Waals surface area contributed by atoms with E-state index in [0.29, 0.717) is 30.7 Å². The van der Waals surface area contributed by atoms with E-state index in [4.69, 9.17) is 14.6 Å². The molecule has 0 bridgehead atoms. The SMILES string of the molecule is O=C(O)[C@@H]1[C@@H](I)[C@H]1OC1=CC(Oc2ccc(C(F)(F)F)cc2OC(F)F)=CCC1. The summed E-state index contributed by atoms with van der Waals surface area (Å²) < 4.78 is 78.8. The molecule has 1 fully saturated rings. The van der Waals surface area contributed by atoms with Gasteiger partial charge >= 0.3 is 18.8 Å². The molecule has 1 aromatic rings. The number of aliphatic carboxylic acids is 1. The molecular weight excluding hydrogens is 518 g/mol. The average Bonchev–Trinajstić information content (AvgIpc) is 3.24. The van der Waals surface area contributed by atoms with Crippen LogP contribution >= 0.6 is 22.6 Å². The summed E-state index contributed by atoms with van der Waals surface area (Å²) in [6.07, 6.45) is -1.21. The number of hydrogen-bond acceptors (Lipinski definition) is 4. The van der Waals surface area contributed by atoms with Crippen LogP contribution in [0.3, 0.4) is 0 Å². The van der Waals surface area contributed by atoms with Gasteiger partial charge in [-0.3, -0.25) is 4.79 Å². The van der Waals surface area contributed by atoms with Crippen molar-refractivity contribution in [3.8, 4) is 11.5 Å². The number of ether oxygens (including phenoxy) is 3. The van der Waals surface area contributed by atoms with Crippen LogP contribution in [0.25, 0.3) is 0 Å². The van der Waals surface area contributed by atoms with Gasteiger partial charge in [0.05, 0.1) is 9.49 Å². The summed E-state index contributed by atoms with van der Waals surface area (Å²) in [5.74, 6) is -2.03. The molecular formula is C18H14F5IO5. The maximum Gasteiger partial charge on any atom is 0.416 e. The first-order chi connectivity index (χ1) is 13.6. The first-order valence-electron chi connectivity index (χ1n) is 8.34. The van der Waals surface area contributed by atoms with Crippen LogP contribution in [0.2, 0.25) is 0 Å². The Balaban J connectivity index is 1.75. The zero-order chi connectivity index (χ0) is 21.3. The fraction of sp³-hybridized carbons (Fsp3) is 0.389. The Morgan fingerprint density at radius 1 is 1.24 bits per heavy atom. The Labute approximate surface area is 175 Å². The average molecular weight is 532 g/mol. The van der Waals surface area contributed by atoms with E-state index in [1.807, 2.05) is 22.6 Å². The maximum atomic E-state index is 12.8.